The number of alkyl halides is 1. The molecule has 0 saturated carbocycles. The van der Waals surface area contributed by atoms with Gasteiger partial charge < -0.3 is 0 Å². The van der Waals surface area contributed by atoms with Gasteiger partial charge in [-0.15, -0.1) is 11.6 Å². The molecule has 0 heterocycles. The van der Waals surface area contributed by atoms with E-state index in [1.807, 2.05) is 0 Å². The van der Waals surface area contributed by atoms with Crippen molar-refractivity contribution in [2.45, 2.75) is 19.3 Å². The smallest absolute Gasteiger partial charge is 0.127 e. The van der Waals surface area contributed by atoms with E-state index in [-0.39, 0.29) is 23.1 Å². The van der Waals surface area contributed by atoms with E-state index in [0.29, 0.717) is 0 Å². The topological polar surface area (TPSA) is 0 Å². The third kappa shape index (κ3) is 11.0. The fourth-order valence-corrected chi connectivity index (χ4v) is 0.460. The lowest BCUT2D eigenvalue weighted by Gasteiger charge is -1.84. The molecule has 2 heteroatoms. The van der Waals surface area contributed by atoms with E-state index >= 15 is 0 Å². The molecule has 0 nitrogen and oxygen atoms in total. The number of halogens is 1. The molecule has 1 radical (unpaired) electrons. The van der Waals surface area contributed by atoms with Crippen molar-refractivity contribution >= 4 is 34.7 Å². The monoisotopic (exact) mass is 131 g/mol. The molecule has 0 rings (SSSR count). The Hall–Kier alpha value is 1.06. The lowest BCUT2D eigenvalue weighted by Crippen LogP contribution is -1.71. The molecule has 0 aromatic heterocycles. The van der Waals surface area contributed by atoms with Gasteiger partial charge in [-0.25, -0.2) is 0 Å². The predicted molar refractivity (Wildman–Crippen MR) is 38.5 cm³/mol. The van der Waals surface area contributed by atoms with E-state index in [2.05, 4.69) is 6.92 Å². The predicted octanol–water partition coefficient (Wildman–Crippen LogP) is 1.31. The van der Waals surface area contributed by atoms with Crippen LogP contribution < -0.4 is 0 Å². The third-order valence-electron chi connectivity index (χ3n) is 0.634. The molecule has 0 amide bonds. The zero-order valence-electron chi connectivity index (χ0n) is 3.91. The lowest BCUT2D eigenvalue weighted by molar-refractivity contribution is 0.818. The van der Waals surface area contributed by atoms with E-state index in [1.165, 1.54) is 6.42 Å². The minimum absolute atomic E-state index is 0. The van der Waals surface area contributed by atoms with Gasteiger partial charge in [-0.2, -0.15) is 0 Å². The molecule has 0 aromatic rings. The molecule has 7 heavy (non-hydrogen) atoms. The van der Waals surface area contributed by atoms with Crippen molar-refractivity contribution in [3.05, 3.63) is 6.92 Å². The van der Waals surface area contributed by atoms with Crippen molar-refractivity contribution in [1.29, 1.82) is 0 Å². The summed E-state index contributed by atoms with van der Waals surface area (Å²) in [5.41, 5.74) is 0. The highest BCUT2D eigenvalue weighted by Crippen LogP contribution is 1.93. The molecule has 0 spiro atoms. The Morgan fingerprint density at radius 1 is 1.29 bits per heavy atom. The molecule has 0 atom stereocenters. The number of rotatable bonds is 3. The van der Waals surface area contributed by atoms with E-state index in [0.717, 1.165) is 18.7 Å². The maximum absolute atomic E-state index is 5.35. The number of unbranched alkanes of at least 4 members (excludes halogenated alkanes) is 2. The molecule has 0 N–H and O–H groups in total. The first-order chi connectivity index (χ1) is 2.91. The van der Waals surface area contributed by atoms with E-state index in [1.54, 1.807) is 0 Å². The van der Waals surface area contributed by atoms with Crippen LogP contribution in [0.1, 0.15) is 19.3 Å². The Labute approximate surface area is 66.8 Å². The lowest BCUT2D eigenvalue weighted by atomic mass is 10.3. The molecule has 0 saturated heterocycles. The maximum Gasteiger partial charge on any atom is 0.316 e. The Kier molecular flexibility index (Phi) is 15.8. The second kappa shape index (κ2) is 10.1. The summed E-state index contributed by atoms with van der Waals surface area (Å²) < 4.78 is 0. The molecule has 41 valence electrons. The fraction of sp³-hybridized carbons (Fsp3) is 0.800. The van der Waals surface area contributed by atoms with Crippen LogP contribution in [0, 0.1) is 6.92 Å². The second-order valence-electron chi connectivity index (χ2n) is 1.25. The van der Waals surface area contributed by atoms with Crippen LogP contribution in [-0.2, 0) is 0 Å². The van der Waals surface area contributed by atoms with Crippen LogP contribution in [0.3, 0.4) is 0 Å². The van der Waals surface area contributed by atoms with Gasteiger partial charge in [0.25, 0.3) is 0 Å². The quantitative estimate of drug-likeness (QED) is 0.308. The van der Waals surface area contributed by atoms with Crippen LogP contribution in [0.5, 0.6) is 0 Å². The first kappa shape index (κ1) is 10.9. The highest BCUT2D eigenvalue weighted by Gasteiger charge is 1.77. The number of hydrogen-bond acceptors (Lipinski definition) is 0. The summed E-state index contributed by atoms with van der Waals surface area (Å²) in [7, 11) is 0. The average Bonchev–Trinajstić information content (AvgIpc) is 1.61. The molecule has 0 bridgehead atoms. The van der Waals surface area contributed by atoms with Crippen LogP contribution in [0.15, 0.2) is 0 Å². The van der Waals surface area contributed by atoms with Crippen molar-refractivity contribution in [1.82, 2.24) is 0 Å². The molecule has 0 aliphatic rings. The Bertz CT molecular complexity index is 20.0. The maximum atomic E-state index is 5.35. The SMILES string of the molecule is [CH2]CCCCCl.[MgH2]. The van der Waals surface area contributed by atoms with Crippen molar-refractivity contribution in [3.8, 4) is 0 Å². The summed E-state index contributed by atoms with van der Waals surface area (Å²) in [6, 6.07) is 0. The molecule has 0 aliphatic carbocycles. The van der Waals surface area contributed by atoms with Gasteiger partial charge in [0.1, 0.15) is 0 Å². The average molecular weight is 132 g/mol. The molecule has 0 fully saturated rings. The summed E-state index contributed by atoms with van der Waals surface area (Å²) in [6.07, 6.45) is 3.31. The van der Waals surface area contributed by atoms with Gasteiger partial charge in [0.05, 0.1) is 0 Å². The Balaban J connectivity index is 0. The summed E-state index contributed by atoms with van der Waals surface area (Å²) in [5.74, 6) is 0.787. The van der Waals surface area contributed by atoms with E-state index in [9.17, 15) is 0 Å². The van der Waals surface area contributed by atoms with Crippen molar-refractivity contribution < 1.29 is 0 Å². The number of hydrogen-bond donors (Lipinski definition) is 0. The molecular formula is C5H12ClMg. The van der Waals surface area contributed by atoms with E-state index in [4.69, 9.17) is 11.6 Å². The summed E-state index contributed by atoms with van der Waals surface area (Å²) >= 11 is 5.35. The van der Waals surface area contributed by atoms with Crippen LogP contribution in [-0.4, -0.2) is 28.9 Å². The zero-order valence-corrected chi connectivity index (χ0v) is 4.67. The van der Waals surface area contributed by atoms with Gasteiger partial charge >= 0.3 is 23.1 Å². The van der Waals surface area contributed by atoms with Crippen LogP contribution in [0.25, 0.3) is 0 Å². The molecule has 0 unspecified atom stereocenters. The summed E-state index contributed by atoms with van der Waals surface area (Å²) in [5, 5.41) is 0. The first-order valence-electron chi connectivity index (χ1n) is 2.27. The third-order valence-corrected chi connectivity index (χ3v) is 0.901. The Morgan fingerprint density at radius 2 is 1.86 bits per heavy atom. The van der Waals surface area contributed by atoms with Crippen LogP contribution >= 0.6 is 11.6 Å². The van der Waals surface area contributed by atoms with Gasteiger partial charge in [-0.05, 0) is 6.42 Å². The van der Waals surface area contributed by atoms with Gasteiger partial charge in [0.15, 0.2) is 0 Å². The summed E-state index contributed by atoms with van der Waals surface area (Å²) in [6.45, 7) is 3.66. The summed E-state index contributed by atoms with van der Waals surface area (Å²) in [4.78, 5) is 0. The molecule has 0 aromatic carbocycles. The minimum atomic E-state index is 0. The molecular weight excluding hydrogens is 120 g/mol. The standard InChI is InChI=1S/C5H10Cl.Mg.2H/c1-2-3-4-5-6;;;/h1-5H2;;;. The first-order valence-corrected chi connectivity index (χ1v) is 2.80. The molecule has 0 aliphatic heterocycles. The van der Waals surface area contributed by atoms with Crippen molar-refractivity contribution in [2.24, 2.45) is 0 Å². The largest absolute Gasteiger partial charge is 0.316 e. The van der Waals surface area contributed by atoms with Gasteiger partial charge in [0, 0.05) is 5.88 Å². The van der Waals surface area contributed by atoms with Crippen LogP contribution in [0.2, 0.25) is 0 Å². The highest BCUT2D eigenvalue weighted by atomic mass is 35.5. The van der Waals surface area contributed by atoms with Gasteiger partial charge in [-0.1, -0.05) is 19.8 Å². The van der Waals surface area contributed by atoms with Crippen LogP contribution in [0.4, 0.5) is 0 Å². The van der Waals surface area contributed by atoms with Gasteiger partial charge in [0.2, 0.25) is 0 Å². The zero-order chi connectivity index (χ0) is 4.83. The fourth-order valence-electron chi connectivity index (χ4n) is 0.271. The minimum Gasteiger partial charge on any atom is -0.127 e. The normalized spacial score (nSPS) is 7.71. The Morgan fingerprint density at radius 3 is 2.00 bits per heavy atom. The van der Waals surface area contributed by atoms with E-state index < -0.39 is 0 Å². The highest BCUT2D eigenvalue weighted by molar-refractivity contribution is 6.17. The van der Waals surface area contributed by atoms with Crippen molar-refractivity contribution in [3.63, 3.8) is 0 Å². The van der Waals surface area contributed by atoms with Gasteiger partial charge in [-0.3, -0.25) is 0 Å². The second-order valence-corrected chi connectivity index (χ2v) is 1.63. The van der Waals surface area contributed by atoms with Crippen molar-refractivity contribution in [2.75, 3.05) is 5.88 Å².